The van der Waals surface area contributed by atoms with E-state index in [1.165, 1.54) is 35.9 Å². The highest BCUT2D eigenvalue weighted by atomic mass is 16.5. The minimum atomic E-state index is -1.14. The summed E-state index contributed by atoms with van der Waals surface area (Å²) in [7, 11) is 1.71. The van der Waals surface area contributed by atoms with E-state index in [9.17, 15) is 19.5 Å². The lowest BCUT2D eigenvalue weighted by Gasteiger charge is -2.13. The zero-order valence-electron chi connectivity index (χ0n) is 16.2. The number of anilines is 1. The van der Waals surface area contributed by atoms with Gasteiger partial charge in [-0.05, 0) is 44.2 Å². The first-order chi connectivity index (χ1) is 13.8. The molecule has 0 radical (unpaired) electrons. The van der Waals surface area contributed by atoms with Crippen molar-refractivity contribution in [3.63, 3.8) is 0 Å². The number of esters is 1. The summed E-state index contributed by atoms with van der Waals surface area (Å²) in [6.07, 6.45) is -1.14. The molecule has 0 spiro atoms. The first-order valence-electron chi connectivity index (χ1n) is 8.94. The summed E-state index contributed by atoms with van der Waals surface area (Å²) < 4.78 is 8.22. The molecule has 0 saturated carbocycles. The van der Waals surface area contributed by atoms with Gasteiger partial charge in [-0.15, -0.1) is 0 Å². The summed E-state index contributed by atoms with van der Waals surface area (Å²) in [4.78, 5) is 37.5. The average Bonchev–Trinajstić information content (AvgIpc) is 2.91. The molecule has 29 heavy (non-hydrogen) atoms. The zero-order chi connectivity index (χ0) is 21.1. The van der Waals surface area contributed by atoms with Crippen molar-refractivity contribution in [1.29, 1.82) is 0 Å². The van der Waals surface area contributed by atoms with Crippen molar-refractivity contribution in [2.24, 2.45) is 7.05 Å². The highest BCUT2D eigenvalue weighted by Crippen LogP contribution is 2.16. The number of hydrogen-bond acceptors (Lipinski definition) is 5. The third-order valence-electron chi connectivity index (χ3n) is 4.54. The van der Waals surface area contributed by atoms with Gasteiger partial charge in [-0.2, -0.15) is 0 Å². The van der Waals surface area contributed by atoms with Crippen LogP contribution in [-0.2, 0) is 16.6 Å². The SMILES string of the molecule is Cc1c(NC(=O)C(C)OC(=O)c2cccc(O)c2)c(=O)n(-c2ccccc2)n1C. The first-order valence-corrected chi connectivity index (χ1v) is 8.94. The van der Waals surface area contributed by atoms with Gasteiger partial charge in [-0.25, -0.2) is 9.48 Å². The lowest BCUT2D eigenvalue weighted by molar-refractivity contribution is -0.123. The first kappa shape index (κ1) is 19.9. The van der Waals surface area contributed by atoms with Gasteiger partial charge in [0, 0.05) is 7.05 Å². The number of aromatic nitrogens is 2. The highest BCUT2D eigenvalue weighted by molar-refractivity contribution is 5.97. The number of benzene rings is 2. The molecule has 1 amide bonds. The minimum Gasteiger partial charge on any atom is -0.508 e. The van der Waals surface area contributed by atoms with Gasteiger partial charge < -0.3 is 15.2 Å². The number of ether oxygens (including phenoxy) is 1. The number of phenolic OH excluding ortho intramolecular Hbond substituents is 1. The summed E-state index contributed by atoms with van der Waals surface area (Å²) >= 11 is 0. The van der Waals surface area contributed by atoms with Crippen molar-refractivity contribution < 1.29 is 19.4 Å². The van der Waals surface area contributed by atoms with Crippen molar-refractivity contribution in [2.45, 2.75) is 20.0 Å². The quantitative estimate of drug-likeness (QED) is 0.646. The number of carbonyl (C=O) groups is 2. The fourth-order valence-corrected chi connectivity index (χ4v) is 2.85. The summed E-state index contributed by atoms with van der Waals surface area (Å²) in [5, 5.41) is 12.0. The van der Waals surface area contributed by atoms with Crippen LogP contribution in [0.5, 0.6) is 5.75 Å². The molecule has 1 atom stereocenters. The van der Waals surface area contributed by atoms with E-state index >= 15 is 0 Å². The molecule has 8 heteroatoms. The lowest BCUT2D eigenvalue weighted by Crippen LogP contribution is -2.32. The largest absolute Gasteiger partial charge is 0.508 e. The predicted octanol–water partition coefficient (Wildman–Crippen LogP) is 2.37. The second kappa shape index (κ2) is 8.05. The smallest absolute Gasteiger partial charge is 0.339 e. The number of amides is 1. The fraction of sp³-hybridized carbons (Fsp3) is 0.190. The maximum Gasteiger partial charge on any atom is 0.339 e. The Hall–Kier alpha value is -3.81. The fourth-order valence-electron chi connectivity index (χ4n) is 2.85. The van der Waals surface area contributed by atoms with E-state index < -0.39 is 23.5 Å². The third kappa shape index (κ3) is 4.06. The average molecular weight is 395 g/mol. The van der Waals surface area contributed by atoms with Crippen molar-refractivity contribution in [2.75, 3.05) is 5.32 Å². The lowest BCUT2D eigenvalue weighted by atomic mass is 10.2. The second-order valence-corrected chi connectivity index (χ2v) is 6.52. The van der Waals surface area contributed by atoms with Gasteiger partial charge in [0.05, 0.1) is 16.9 Å². The van der Waals surface area contributed by atoms with Gasteiger partial charge in [0.25, 0.3) is 11.5 Å². The van der Waals surface area contributed by atoms with Gasteiger partial charge in [-0.1, -0.05) is 24.3 Å². The van der Waals surface area contributed by atoms with E-state index in [0.29, 0.717) is 11.4 Å². The van der Waals surface area contributed by atoms with E-state index in [0.717, 1.165) is 0 Å². The molecule has 0 saturated heterocycles. The van der Waals surface area contributed by atoms with Crippen LogP contribution in [0.25, 0.3) is 5.69 Å². The minimum absolute atomic E-state index is 0.0853. The summed E-state index contributed by atoms with van der Waals surface area (Å²) in [5.74, 6) is -1.47. The molecule has 3 aromatic rings. The van der Waals surface area contributed by atoms with Crippen LogP contribution in [0.4, 0.5) is 5.69 Å². The van der Waals surface area contributed by atoms with Crippen molar-refractivity contribution in [3.8, 4) is 11.4 Å². The molecule has 1 heterocycles. The Kier molecular flexibility index (Phi) is 5.54. The molecule has 150 valence electrons. The second-order valence-electron chi connectivity index (χ2n) is 6.52. The van der Waals surface area contributed by atoms with Gasteiger partial charge in [-0.3, -0.25) is 14.3 Å². The van der Waals surface area contributed by atoms with E-state index in [1.807, 2.05) is 18.2 Å². The van der Waals surface area contributed by atoms with E-state index in [-0.39, 0.29) is 17.0 Å². The van der Waals surface area contributed by atoms with Crippen LogP contribution >= 0.6 is 0 Å². The van der Waals surface area contributed by atoms with E-state index in [4.69, 9.17) is 4.74 Å². The molecule has 3 rings (SSSR count). The van der Waals surface area contributed by atoms with Crippen molar-refractivity contribution >= 4 is 17.6 Å². The molecular formula is C21H21N3O5. The molecule has 0 fully saturated rings. The number of nitrogens with one attached hydrogen (secondary N) is 1. The van der Waals surface area contributed by atoms with Crippen LogP contribution in [0, 0.1) is 6.92 Å². The van der Waals surface area contributed by atoms with E-state index in [2.05, 4.69) is 5.32 Å². The Balaban J connectivity index is 1.79. The summed E-state index contributed by atoms with van der Waals surface area (Å²) in [6, 6.07) is 14.7. The number of aromatic hydroxyl groups is 1. The molecule has 2 N–H and O–H groups in total. The molecule has 0 aliphatic carbocycles. The third-order valence-corrected chi connectivity index (χ3v) is 4.54. The van der Waals surface area contributed by atoms with Gasteiger partial charge in [0.15, 0.2) is 6.10 Å². The maximum atomic E-state index is 12.8. The maximum absolute atomic E-state index is 12.8. The number of carbonyl (C=O) groups excluding carboxylic acids is 2. The molecule has 0 aliphatic rings. The van der Waals surface area contributed by atoms with Crippen LogP contribution in [-0.4, -0.2) is 32.5 Å². The van der Waals surface area contributed by atoms with Crippen LogP contribution < -0.4 is 10.9 Å². The number of rotatable bonds is 5. The highest BCUT2D eigenvalue weighted by Gasteiger charge is 2.23. The van der Waals surface area contributed by atoms with Gasteiger partial charge >= 0.3 is 5.97 Å². The summed E-state index contributed by atoms with van der Waals surface area (Å²) in [6.45, 7) is 3.11. The predicted molar refractivity (Wildman–Crippen MR) is 107 cm³/mol. The number of para-hydroxylation sites is 1. The van der Waals surface area contributed by atoms with Crippen LogP contribution in [0.15, 0.2) is 59.4 Å². The molecule has 1 unspecified atom stereocenters. The van der Waals surface area contributed by atoms with Crippen LogP contribution in [0.2, 0.25) is 0 Å². The Morgan fingerprint density at radius 3 is 2.45 bits per heavy atom. The zero-order valence-corrected chi connectivity index (χ0v) is 16.2. The van der Waals surface area contributed by atoms with Gasteiger partial charge in [0.1, 0.15) is 11.4 Å². The standard InChI is InChI=1S/C21H21N3O5/c1-13-18(20(27)24(23(13)3)16-9-5-4-6-10-16)22-19(26)14(2)29-21(28)15-8-7-11-17(25)12-15/h4-12,14,25H,1-3H3,(H,22,26). The Bertz CT molecular complexity index is 1120. The number of hydrogen-bond donors (Lipinski definition) is 2. The Morgan fingerprint density at radius 1 is 1.10 bits per heavy atom. The molecule has 8 nitrogen and oxygen atoms in total. The number of phenols is 1. The normalized spacial score (nSPS) is 11.7. The van der Waals surface area contributed by atoms with Crippen molar-refractivity contribution in [3.05, 3.63) is 76.2 Å². The Labute approximate surface area is 166 Å². The molecule has 0 aliphatic heterocycles. The topological polar surface area (TPSA) is 103 Å². The Morgan fingerprint density at radius 2 is 1.79 bits per heavy atom. The van der Waals surface area contributed by atoms with Crippen LogP contribution in [0.1, 0.15) is 23.0 Å². The molecule has 0 bridgehead atoms. The molecular weight excluding hydrogens is 374 g/mol. The van der Waals surface area contributed by atoms with Gasteiger partial charge in [0.2, 0.25) is 0 Å². The molecule has 2 aromatic carbocycles. The van der Waals surface area contributed by atoms with E-state index in [1.54, 1.807) is 30.8 Å². The molecule has 1 aromatic heterocycles. The monoisotopic (exact) mass is 395 g/mol. The van der Waals surface area contributed by atoms with Crippen LogP contribution in [0.3, 0.4) is 0 Å². The summed E-state index contributed by atoms with van der Waals surface area (Å²) in [5.41, 5.74) is 1.05. The van der Waals surface area contributed by atoms with Crippen molar-refractivity contribution in [1.82, 2.24) is 9.36 Å². The number of nitrogens with zero attached hydrogens (tertiary/aromatic N) is 2.